The van der Waals surface area contributed by atoms with Crippen LogP contribution in [0.5, 0.6) is 0 Å². The van der Waals surface area contributed by atoms with Crippen molar-refractivity contribution in [3.05, 3.63) is 29.0 Å². The van der Waals surface area contributed by atoms with Crippen molar-refractivity contribution in [2.24, 2.45) is 0 Å². The number of halogens is 2. The SMILES string of the molecule is CC(C)(C)[S+]([O-])N[C@@H](c1ncccc1Cl)[C@]1(O)CC[C@@H](F)CC1. The fourth-order valence-corrected chi connectivity index (χ4v) is 3.81. The van der Waals surface area contributed by atoms with Gasteiger partial charge >= 0.3 is 0 Å². The molecule has 0 aromatic carbocycles. The number of hydrogen-bond acceptors (Lipinski definition) is 4. The van der Waals surface area contributed by atoms with Crippen molar-refractivity contribution >= 4 is 23.0 Å². The molecule has 1 fully saturated rings. The molecule has 0 radical (unpaired) electrons. The van der Waals surface area contributed by atoms with Gasteiger partial charge in [-0.1, -0.05) is 11.6 Å². The Labute approximate surface area is 145 Å². The van der Waals surface area contributed by atoms with Gasteiger partial charge in [-0.3, -0.25) is 4.98 Å². The van der Waals surface area contributed by atoms with E-state index in [9.17, 15) is 14.0 Å². The Morgan fingerprint density at radius 1 is 1.48 bits per heavy atom. The molecule has 1 unspecified atom stereocenters. The molecule has 1 aliphatic rings. The van der Waals surface area contributed by atoms with E-state index in [0.717, 1.165) is 0 Å². The summed E-state index contributed by atoms with van der Waals surface area (Å²) in [5.74, 6) is 0. The molecule has 1 aromatic heterocycles. The van der Waals surface area contributed by atoms with E-state index in [4.69, 9.17) is 11.6 Å². The van der Waals surface area contributed by atoms with Crippen LogP contribution >= 0.6 is 11.6 Å². The normalized spacial score (nSPS) is 28.4. The summed E-state index contributed by atoms with van der Waals surface area (Å²) in [4.78, 5) is 4.27. The summed E-state index contributed by atoms with van der Waals surface area (Å²) in [6.45, 7) is 5.53. The van der Waals surface area contributed by atoms with Crippen molar-refractivity contribution in [1.82, 2.24) is 9.71 Å². The van der Waals surface area contributed by atoms with Crippen LogP contribution in [-0.4, -0.2) is 31.2 Å². The minimum Gasteiger partial charge on any atom is -0.598 e. The van der Waals surface area contributed by atoms with Crippen LogP contribution in [0.1, 0.15) is 58.2 Å². The minimum absolute atomic E-state index is 0.278. The van der Waals surface area contributed by atoms with Gasteiger partial charge in [0.25, 0.3) is 0 Å². The van der Waals surface area contributed by atoms with Gasteiger partial charge in [-0.2, -0.15) is 0 Å². The zero-order valence-electron chi connectivity index (χ0n) is 13.7. The van der Waals surface area contributed by atoms with Gasteiger partial charge in [-0.25, -0.2) is 4.39 Å². The van der Waals surface area contributed by atoms with Crippen LogP contribution in [0.4, 0.5) is 4.39 Å². The van der Waals surface area contributed by atoms with Crippen LogP contribution in [0.15, 0.2) is 18.3 Å². The quantitative estimate of drug-likeness (QED) is 0.805. The van der Waals surface area contributed by atoms with Gasteiger partial charge in [0.2, 0.25) is 0 Å². The molecule has 0 bridgehead atoms. The maximum Gasteiger partial charge on any atom is 0.136 e. The number of alkyl halides is 1. The Morgan fingerprint density at radius 2 is 2.09 bits per heavy atom. The van der Waals surface area contributed by atoms with Gasteiger partial charge in [-0.15, -0.1) is 4.72 Å². The summed E-state index contributed by atoms with van der Waals surface area (Å²) in [5.41, 5.74) is -0.770. The highest BCUT2D eigenvalue weighted by atomic mass is 35.5. The highest BCUT2D eigenvalue weighted by Gasteiger charge is 2.46. The third kappa shape index (κ3) is 4.57. The lowest BCUT2D eigenvalue weighted by atomic mass is 9.78. The summed E-state index contributed by atoms with van der Waals surface area (Å²) in [6, 6.07) is 2.68. The van der Waals surface area contributed by atoms with Crippen molar-refractivity contribution in [2.75, 3.05) is 0 Å². The summed E-state index contributed by atoms with van der Waals surface area (Å²) in [6.07, 6.45) is 1.80. The van der Waals surface area contributed by atoms with E-state index in [0.29, 0.717) is 10.7 Å². The molecule has 0 saturated heterocycles. The van der Waals surface area contributed by atoms with E-state index < -0.39 is 33.9 Å². The highest BCUT2D eigenvalue weighted by molar-refractivity contribution is 7.90. The van der Waals surface area contributed by atoms with Crippen LogP contribution in [0.25, 0.3) is 0 Å². The predicted molar refractivity (Wildman–Crippen MR) is 91.3 cm³/mol. The lowest BCUT2D eigenvalue weighted by Gasteiger charge is -2.41. The molecule has 0 spiro atoms. The smallest absolute Gasteiger partial charge is 0.136 e. The Balaban J connectivity index is 2.34. The molecular formula is C16H24ClFN2O2S. The maximum absolute atomic E-state index is 13.5. The van der Waals surface area contributed by atoms with Crippen molar-refractivity contribution in [1.29, 1.82) is 0 Å². The van der Waals surface area contributed by atoms with Gasteiger partial charge in [-0.05, 0) is 58.6 Å². The molecule has 0 aliphatic heterocycles. The molecular weight excluding hydrogens is 339 g/mol. The number of pyridine rings is 1. The second-order valence-corrected chi connectivity index (χ2v) is 9.49. The maximum atomic E-state index is 13.5. The molecule has 7 heteroatoms. The van der Waals surface area contributed by atoms with Crippen LogP contribution in [0.2, 0.25) is 5.02 Å². The number of aromatic nitrogens is 1. The number of nitrogens with zero attached hydrogens (tertiary/aromatic N) is 1. The fraction of sp³-hybridized carbons (Fsp3) is 0.688. The average molecular weight is 363 g/mol. The number of aliphatic hydroxyl groups is 1. The predicted octanol–water partition coefficient (Wildman–Crippen LogP) is 3.47. The van der Waals surface area contributed by atoms with E-state index in [-0.39, 0.29) is 25.7 Å². The monoisotopic (exact) mass is 362 g/mol. The Bertz CT molecular complexity index is 533. The summed E-state index contributed by atoms with van der Waals surface area (Å²) < 4.78 is 28.5. The first-order valence-electron chi connectivity index (χ1n) is 7.78. The highest BCUT2D eigenvalue weighted by Crippen LogP contribution is 2.41. The Kier molecular flexibility index (Phi) is 5.95. The van der Waals surface area contributed by atoms with Crippen LogP contribution in [-0.2, 0) is 11.4 Å². The van der Waals surface area contributed by atoms with Crippen molar-refractivity contribution < 1.29 is 14.0 Å². The molecule has 1 heterocycles. The molecule has 4 nitrogen and oxygen atoms in total. The van der Waals surface area contributed by atoms with Crippen LogP contribution in [0.3, 0.4) is 0 Å². The summed E-state index contributed by atoms with van der Waals surface area (Å²) in [5, 5.41) is 11.5. The van der Waals surface area contributed by atoms with E-state index >= 15 is 0 Å². The average Bonchev–Trinajstić information content (AvgIpc) is 2.48. The number of hydrogen-bond donors (Lipinski definition) is 2. The van der Waals surface area contributed by atoms with E-state index in [1.807, 2.05) is 20.8 Å². The molecule has 1 aliphatic carbocycles. The first kappa shape index (κ1) is 18.9. The zero-order valence-corrected chi connectivity index (χ0v) is 15.3. The Morgan fingerprint density at radius 3 is 2.61 bits per heavy atom. The van der Waals surface area contributed by atoms with Crippen LogP contribution < -0.4 is 4.72 Å². The van der Waals surface area contributed by atoms with Crippen molar-refractivity contribution in [2.45, 2.75) is 69.0 Å². The van der Waals surface area contributed by atoms with Gasteiger partial charge < -0.3 is 9.66 Å². The summed E-state index contributed by atoms with van der Waals surface area (Å²) in [7, 11) is 0. The van der Waals surface area contributed by atoms with Crippen molar-refractivity contribution in [3.8, 4) is 0 Å². The van der Waals surface area contributed by atoms with Gasteiger partial charge in [0.15, 0.2) is 0 Å². The zero-order chi connectivity index (χ0) is 17.3. The van der Waals surface area contributed by atoms with E-state index in [1.165, 1.54) is 0 Å². The standard InChI is InChI=1S/C16H24ClFN2O2S/c1-15(2,3)23(22)20-14(13-12(17)5-4-10-19-13)16(21)8-6-11(18)7-9-16/h4-5,10-11,14,20-21H,6-9H2,1-3H3/t11-,14-,16+,23?/m0/s1. The first-order valence-corrected chi connectivity index (χ1v) is 9.31. The van der Waals surface area contributed by atoms with Crippen molar-refractivity contribution in [3.63, 3.8) is 0 Å². The number of nitrogens with one attached hydrogen (secondary N) is 1. The first-order chi connectivity index (χ1) is 10.6. The largest absolute Gasteiger partial charge is 0.598 e. The molecule has 130 valence electrons. The molecule has 2 atom stereocenters. The lowest BCUT2D eigenvalue weighted by molar-refractivity contribution is -0.0418. The van der Waals surface area contributed by atoms with E-state index in [2.05, 4.69) is 9.71 Å². The fourth-order valence-electron chi connectivity index (χ4n) is 2.69. The Hall–Kier alpha value is -0.400. The number of rotatable bonds is 4. The topological polar surface area (TPSA) is 68.2 Å². The third-order valence-corrected chi connectivity index (χ3v) is 6.04. The molecule has 2 N–H and O–H groups in total. The molecule has 23 heavy (non-hydrogen) atoms. The lowest BCUT2D eigenvalue weighted by Crippen LogP contribution is -2.52. The summed E-state index contributed by atoms with van der Waals surface area (Å²) >= 11 is 4.83. The van der Waals surface area contributed by atoms with E-state index in [1.54, 1.807) is 18.3 Å². The molecule has 1 saturated carbocycles. The minimum atomic E-state index is -1.41. The molecule has 1 aromatic rings. The second kappa shape index (κ2) is 7.23. The third-order valence-electron chi connectivity index (χ3n) is 4.16. The van der Waals surface area contributed by atoms with Crippen LogP contribution in [0, 0.1) is 0 Å². The molecule has 2 rings (SSSR count). The van der Waals surface area contributed by atoms with Gasteiger partial charge in [0.05, 0.1) is 16.3 Å². The van der Waals surface area contributed by atoms with Gasteiger partial charge in [0, 0.05) is 17.6 Å². The second-order valence-electron chi connectivity index (χ2n) is 7.08. The molecule has 0 amide bonds. The van der Waals surface area contributed by atoms with Gasteiger partial charge in [0.1, 0.15) is 17.0 Å².